The number of rotatable bonds is 20. The first-order valence-corrected chi connectivity index (χ1v) is 12.5. The Morgan fingerprint density at radius 3 is 1.58 bits per heavy atom. The fourth-order valence-corrected chi connectivity index (χ4v) is 4.00. The molecule has 1 rings (SSSR count). The standard InChI is InChI=1S/C24H43F5O2/c25-23(26,24(27,28)29)18-13-11-9-7-5-3-1-2-4-6-8-10-12-14-19-30-21-17-22-16-15-20-31-22/h22H,1-21H2. The Balaban J connectivity index is 1.70. The van der Waals surface area contributed by atoms with Crippen molar-refractivity contribution < 1.29 is 31.4 Å². The van der Waals surface area contributed by atoms with E-state index >= 15 is 0 Å². The van der Waals surface area contributed by atoms with E-state index in [1.807, 2.05) is 0 Å². The van der Waals surface area contributed by atoms with Crippen LogP contribution in [-0.2, 0) is 9.47 Å². The summed E-state index contributed by atoms with van der Waals surface area (Å²) in [5.74, 6) is -4.54. The van der Waals surface area contributed by atoms with Gasteiger partial charge >= 0.3 is 12.1 Å². The van der Waals surface area contributed by atoms with Gasteiger partial charge < -0.3 is 9.47 Å². The van der Waals surface area contributed by atoms with Crippen molar-refractivity contribution in [3.8, 4) is 0 Å². The van der Waals surface area contributed by atoms with Crippen LogP contribution < -0.4 is 0 Å². The summed E-state index contributed by atoms with van der Waals surface area (Å²) in [4.78, 5) is 0. The number of hydrogen-bond donors (Lipinski definition) is 0. The molecule has 1 fully saturated rings. The number of unbranched alkanes of at least 4 members (excludes halogenated alkanes) is 13. The van der Waals surface area contributed by atoms with Gasteiger partial charge in [-0.1, -0.05) is 77.0 Å². The van der Waals surface area contributed by atoms with Crippen molar-refractivity contribution in [1.82, 2.24) is 0 Å². The highest BCUT2D eigenvalue weighted by Crippen LogP contribution is 2.39. The van der Waals surface area contributed by atoms with Gasteiger partial charge in [-0.2, -0.15) is 22.0 Å². The van der Waals surface area contributed by atoms with Gasteiger partial charge in [0.2, 0.25) is 0 Å². The predicted octanol–water partition coefficient (Wildman–Crippen LogP) is 8.62. The molecule has 1 saturated heterocycles. The molecule has 0 N–H and O–H groups in total. The Hall–Kier alpha value is -0.430. The third-order valence-corrected chi connectivity index (χ3v) is 6.05. The van der Waals surface area contributed by atoms with Crippen LogP contribution in [0.3, 0.4) is 0 Å². The van der Waals surface area contributed by atoms with Gasteiger partial charge in [0.05, 0.1) is 6.10 Å². The van der Waals surface area contributed by atoms with E-state index in [0.717, 1.165) is 58.3 Å². The molecule has 1 unspecified atom stereocenters. The quantitative estimate of drug-likeness (QED) is 0.134. The second kappa shape index (κ2) is 17.1. The molecule has 1 atom stereocenters. The number of halogens is 5. The lowest BCUT2D eigenvalue weighted by Gasteiger charge is -2.19. The molecule has 7 heteroatoms. The van der Waals surface area contributed by atoms with Crippen LogP contribution in [0.15, 0.2) is 0 Å². The summed E-state index contributed by atoms with van der Waals surface area (Å²) < 4.78 is 72.9. The summed E-state index contributed by atoms with van der Waals surface area (Å²) in [6.07, 6.45) is 11.4. The summed E-state index contributed by atoms with van der Waals surface area (Å²) >= 11 is 0. The second-order valence-electron chi connectivity index (χ2n) is 8.94. The van der Waals surface area contributed by atoms with Crippen LogP contribution in [0.1, 0.15) is 116 Å². The third-order valence-electron chi connectivity index (χ3n) is 6.05. The van der Waals surface area contributed by atoms with Gasteiger partial charge in [-0.05, 0) is 32.1 Å². The predicted molar refractivity (Wildman–Crippen MR) is 115 cm³/mol. The molecular weight excluding hydrogens is 415 g/mol. The maximum Gasteiger partial charge on any atom is 0.453 e. The van der Waals surface area contributed by atoms with Gasteiger partial charge in [0.25, 0.3) is 0 Å². The highest BCUT2D eigenvalue weighted by Gasteiger charge is 2.56. The average molecular weight is 459 g/mol. The normalized spacial score (nSPS) is 17.5. The first-order chi connectivity index (χ1) is 14.8. The minimum atomic E-state index is -5.41. The second-order valence-corrected chi connectivity index (χ2v) is 8.94. The fourth-order valence-electron chi connectivity index (χ4n) is 4.00. The zero-order chi connectivity index (χ0) is 22.8. The van der Waals surface area contributed by atoms with E-state index in [-0.39, 0.29) is 6.42 Å². The van der Waals surface area contributed by atoms with Crippen LogP contribution in [-0.4, -0.2) is 38.0 Å². The van der Waals surface area contributed by atoms with E-state index in [4.69, 9.17) is 9.47 Å². The van der Waals surface area contributed by atoms with Gasteiger partial charge in [0.1, 0.15) is 0 Å². The van der Waals surface area contributed by atoms with E-state index in [0.29, 0.717) is 12.5 Å². The molecular formula is C24H43F5O2. The van der Waals surface area contributed by atoms with Crippen LogP contribution in [0.2, 0.25) is 0 Å². The Kier molecular flexibility index (Phi) is 15.8. The summed E-state index contributed by atoms with van der Waals surface area (Å²) in [6, 6.07) is 0. The molecule has 1 heterocycles. The third kappa shape index (κ3) is 15.1. The van der Waals surface area contributed by atoms with Crippen LogP contribution in [0.4, 0.5) is 22.0 Å². The number of alkyl halides is 5. The number of hydrogen-bond acceptors (Lipinski definition) is 2. The lowest BCUT2D eigenvalue weighted by atomic mass is 10.0. The lowest BCUT2D eigenvalue weighted by Crippen LogP contribution is -2.36. The fraction of sp³-hybridized carbons (Fsp3) is 1.00. The van der Waals surface area contributed by atoms with Crippen molar-refractivity contribution in [1.29, 1.82) is 0 Å². The molecule has 0 amide bonds. The van der Waals surface area contributed by atoms with E-state index in [2.05, 4.69) is 0 Å². The minimum Gasteiger partial charge on any atom is -0.381 e. The Morgan fingerprint density at radius 1 is 0.645 bits per heavy atom. The molecule has 2 nitrogen and oxygen atoms in total. The van der Waals surface area contributed by atoms with Crippen molar-refractivity contribution in [3.05, 3.63) is 0 Å². The monoisotopic (exact) mass is 458 g/mol. The molecule has 186 valence electrons. The highest BCUT2D eigenvalue weighted by molar-refractivity contribution is 4.75. The molecule has 0 aromatic carbocycles. The summed E-state index contributed by atoms with van der Waals surface area (Å²) in [5.41, 5.74) is 0. The SMILES string of the molecule is FC(F)(F)C(F)(F)CCCCCCCCCCCCCCCCOCCC1CCCO1. The number of ether oxygens (including phenoxy) is 2. The summed E-state index contributed by atoms with van der Waals surface area (Å²) in [7, 11) is 0. The molecule has 31 heavy (non-hydrogen) atoms. The van der Waals surface area contributed by atoms with E-state index in [1.54, 1.807) is 0 Å². The first kappa shape index (κ1) is 28.6. The average Bonchev–Trinajstić information content (AvgIpc) is 3.22. The van der Waals surface area contributed by atoms with Gasteiger partial charge in [0.15, 0.2) is 0 Å². The van der Waals surface area contributed by atoms with Crippen molar-refractivity contribution in [2.75, 3.05) is 19.8 Å². The zero-order valence-electron chi connectivity index (χ0n) is 19.1. The minimum absolute atomic E-state index is 0.0614. The van der Waals surface area contributed by atoms with Gasteiger partial charge in [-0.15, -0.1) is 0 Å². The van der Waals surface area contributed by atoms with E-state index in [9.17, 15) is 22.0 Å². The van der Waals surface area contributed by atoms with E-state index in [1.165, 1.54) is 57.8 Å². The zero-order valence-corrected chi connectivity index (χ0v) is 19.1. The molecule has 1 aliphatic rings. The molecule has 0 spiro atoms. The topological polar surface area (TPSA) is 18.5 Å². The van der Waals surface area contributed by atoms with Crippen molar-refractivity contribution >= 4 is 0 Å². The van der Waals surface area contributed by atoms with Gasteiger partial charge in [-0.25, -0.2) is 0 Å². The van der Waals surface area contributed by atoms with Crippen molar-refractivity contribution in [3.63, 3.8) is 0 Å². The van der Waals surface area contributed by atoms with Crippen LogP contribution in [0.25, 0.3) is 0 Å². The lowest BCUT2D eigenvalue weighted by molar-refractivity contribution is -0.284. The highest BCUT2D eigenvalue weighted by atomic mass is 19.4. The van der Waals surface area contributed by atoms with Crippen molar-refractivity contribution in [2.45, 2.75) is 134 Å². The Labute approximate surface area is 185 Å². The Morgan fingerprint density at radius 2 is 1.13 bits per heavy atom. The molecule has 0 radical (unpaired) electrons. The maximum absolute atomic E-state index is 12.8. The van der Waals surface area contributed by atoms with Gasteiger partial charge in [-0.3, -0.25) is 0 Å². The first-order valence-electron chi connectivity index (χ1n) is 12.5. The molecule has 0 bridgehead atoms. The van der Waals surface area contributed by atoms with Crippen molar-refractivity contribution in [2.24, 2.45) is 0 Å². The molecule has 0 aliphatic carbocycles. The molecule has 1 aliphatic heterocycles. The maximum atomic E-state index is 12.8. The molecule has 0 aromatic heterocycles. The molecule has 0 aromatic rings. The summed E-state index contributed by atoms with van der Waals surface area (Å²) in [6.45, 7) is 2.59. The van der Waals surface area contributed by atoms with Crippen LogP contribution in [0.5, 0.6) is 0 Å². The van der Waals surface area contributed by atoms with Crippen LogP contribution >= 0.6 is 0 Å². The summed E-state index contributed by atoms with van der Waals surface area (Å²) in [5, 5.41) is 0. The van der Waals surface area contributed by atoms with E-state index < -0.39 is 18.5 Å². The van der Waals surface area contributed by atoms with Crippen LogP contribution in [0, 0.1) is 0 Å². The molecule has 0 saturated carbocycles. The smallest absolute Gasteiger partial charge is 0.381 e. The Bertz CT molecular complexity index is 409. The van der Waals surface area contributed by atoms with Gasteiger partial charge in [0, 0.05) is 26.2 Å². The largest absolute Gasteiger partial charge is 0.453 e.